The van der Waals surface area contributed by atoms with Gasteiger partial charge in [-0.25, -0.2) is 0 Å². The third-order valence-corrected chi connectivity index (χ3v) is 6.43. The van der Waals surface area contributed by atoms with E-state index >= 15 is 0 Å². The van der Waals surface area contributed by atoms with Gasteiger partial charge in [0.15, 0.2) is 0 Å². The SMILES string of the molecule is Cc1ccc2[nH]c(=O)cc(C(=O)N3CCC(CO)(CN4CCCC4)CC3)c2c1.O=CO. The molecule has 0 bridgehead atoms. The number of hydrogen-bond acceptors (Lipinski definition) is 5. The molecule has 0 atom stereocenters. The molecule has 2 aliphatic heterocycles. The molecule has 1 aromatic carbocycles. The van der Waals surface area contributed by atoms with Crippen LogP contribution < -0.4 is 5.56 Å². The molecule has 0 radical (unpaired) electrons. The van der Waals surface area contributed by atoms with Gasteiger partial charge in [0.25, 0.3) is 12.4 Å². The molecule has 3 heterocycles. The summed E-state index contributed by atoms with van der Waals surface area (Å²) in [4.78, 5) is 40.7. The number of H-pyrrole nitrogens is 1. The van der Waals surface area contributed by atoms with Crippen molar-refractivity contribution < 1.29 is 19.8 Å². The second-order valence-corrected chi connectivity index (χ2v) is 8.64. The van der Waals surface area contributed by atoms with E-state index in [2.05, 4.69) is 9.88 Å². The summed E-state index contributed by atoms with van der Waals surface area (Å²) in [7, 11) is 0. The molecule has 0 saturated carbocycles. The zero-order valence-corrected chi connectivity index (χ0v) is 18.0. The van der Waals surface area contributed by atoms with E-state index in [-0.39, 0.29) is 30.0 Å². The molecule has 2 fully saturated rings. The van der Waals surface area contributed by atoms with Crippen LogP contribution in [-0.2, 0) is 4.79 Å². The van der Waals surface area contributed by atoms with Crippen molar-refractivity contribution in [2.24, 2.45) is 5.41 Å². The van der Waals surface area contributed by atoms with Crippen LogP contribution in [0.15, 0.2) is 29.1 Å². The molecular weight excluding hydrogens is 398 g/mol. The van der Waals surface area contributed by atoms with Crippen molar-refractivity contribution in [1.29, 1.82) is 0 Å². The zero-order chi connectivity index (χ0) is 22.4. The van der Waals surface area contributed by atoms with E-state index in [1.165, 1.54) is 18.9 Å². The maximum absolute atomic E-state index is 13.2. The number of aryl methyl sites for hydroxylation is 1. The number of carbonyl (C=O) groups is 2. The summed E-state index contributed by atoms with van der Waals surface area (Å²) >= 11 is 0. The first-order valence-electron chi connectivity index (χ1n) is 10.8. The Balaban J connectivity index is 0.000000858. The Morgan fingerprint density at radius 2 is 1.81 bits per heavy atom. The van der Waals surface area contributed by atoms with E-state index in [9.17, 15) is 14.7 Å². The number of nitrogens with zero attached hydrogens (tertiary/aromatic N) is 2. The number of carboxylic acid groups (broad SMARTS) is 1. The van der Waals surface area contributed by atoms with Crippen molar-refractivity contribution in [1.82, 2.24) is 14.8 Å². The number of nitrogens with one attached hydrogen (secondary N) is 1. The Bertz CT molecular complexity index is 973. The number of piperidine rings is 1. The minimum atomic E-state index is -0.254. The van der Waals surface area contributed by atoms with Crippen LogP contribution in [0.2, 0.25) is 0 Å². The highest BCUT2D eigenvalue weighted by Crippen LogP contribution is 2.34. The van der Waals surface area contributed by atoms with Gasteiger partial charge in [0, 0.05) is 42.0 Å². The molecule has 0 spiro atoms. The van der Waals surface area contributed by atoms with Crippen molar-refractivity contribution in [3.8, 4) is 0 Å². The summed E-state index contributed by atoms with van der Waals surface area (Å²) in [5.74, 6) is -0.0885. The van der Waals surface area contributed by atoms with E-state index in [0.717, 1.165) is 43.4 Å². The summed E-state index contributed by atoms with van der Waals surface area (Å²) < 4.78 is 0. The highest BCUT2D eigenvalue weighted by molar-refractivity contribution is 6.06. The molecule has 168 valence electrons. The van der Waals surface area contributed by atoms with Crippen LogP contribution in [0.25, 0.3) is 10.9 Å². The number of hydrogen-bond donors (Lipinski definition) is 3. The molecule has 2 aliphatic rings. The number of aromatic amines is 1. The second-order valence-electron chi connectivity index (χ2n) is 8.64. The van der Waals surface area contributed by atoms with E-state index in [0.29, 0.717) is 24.2 Å². The summed E-state index contributed by atoms with van der Waals surface area (Å²) in [6.07, 6.45) is 4.07. The first kappa shape index (κ1) is 23.0. The average molecular weight is 430 g/mol. The number of amides is 1. The Morgan fingerprint density at radius 3 is 2.42 bits per heavy atom. The van der Waals surface area contributed by atoms with Crippen molar-refractivity contribution in [2.75, 3.05) is 39.3 Å². The molecule has 2 aromatic rings. The molecule has 31 heavy (non-hydrogen) atoms. The predicted molar refractivity (Wildman–Crippen MR) is 118 cm³/mol. The monoisotopic (exact) mass is 429 g/mol. The Labute approximate surface area is 181 Å². The number of pyridine rings is 1. The molecule has 3 N–H and O–H groups in total. The highest BCUT2D eigenvalue weighted by atomic mass is 16.3. The third-order valence-electron chi connectivity index (χ3n) is 6.43. The fourth-order valence-corrected chi connectivity index (χ4v) is 4.68. The van der Waals surface area contributed by atoms with Gasteiger partial charge in [0.1, 0.15) is 0 Å². The molecule has 4 rings (SSSR count). The van der Waals surface area contributed by atoms with Gasteiger partial charge in [-0.05, 0) is 57.8 Å². The van der Waals surface area contributed by atoms with Crippen LogP contribution in [0, 0.1) is 12.3 Å². The van der Waals surface area contributed by atoms with E-state index in [1.54, 1.807) is 0 Å². The molecule has 2 saturated heterocycles. The lowest BCUT2D eigenvalue weighted by Crippen LogP contribution is -2.49. The Kier molecular flexibility index (Phi) is 7.46. The van der Waals surface area contributed by atoms with Crippen LogP contribution in [0.1, 0.15) is 41.6 Å². The highest BCUT2D eigenvalue weighted by Gasteiger charge is 2.37. The number of benzene rings is 1. The number of carbonyl (C=O) groups excluding carboxylic acids is 1. The quantitative estimate of drug-likeness (QED) is 0.639. The largest absolute Gasteiger partial charge is 0.483 e. The molecule has 0 unspecified atom stereocenters. The van der Waals surface area contributed by atoms with Crippen molar-refractivity contribution >= 4 is 23.3 Å². The van der Waals surface area contributed by atoms with Crippen molar-refractivity contribution in [2.45, 2.75) is 32.6 Å². The molecule has 1 aromatic heterocycles. The normalized spacial score (nSPS) is 18.5. The number of aliphatic hydroxyl groups excluding tert-OH is 1. The minimum absolute atomic E-state index is 0.0885. The smallest absolute Gasteiger partial charge is 0.290 e. The van der Waals surface area contributed by atoms with Crippen LogP contribution in [0.4, 0.5) is 0 Å². The lowest BCUT2D eigenvalue weighted by Gasteiger charge is -2.42. The molecule has 0 aliphatic carbocycles. The average Bonchev–Trinajstić information content (AvgIpc) is 3.27. The molecule has 8 heteroatoms. The number of aliphatic hydroxyl groups is 1. The summed E-state index contributed by atoms with van der Waals surface area (Å²) in [6.45, 7) is 6.27. The van der Waals surface area contributed by atoms with Gasteiger partial charge in [-0.2, -0.15) is 0 Å². The molecule has 1 amide bonds. The van der Waals surface area contributed by atoms with E-state index in [4.69, 9.17) is 9.90 Å². The van der Waals surface area contributed by atoms with Crippen LogP contribution >= 0.6 is 0 Å². The molecule has 8 nitrogen and oxygen atoms in total. The summed E-state index contributed by atoms with van der Waals surface area (Å²) in [5.41, 5.74) is 1.84. The van der Waals surface area contributed by atoms with Crippen LogP contribution in [-0.4, -0.2) is 76.7 Å². The molecular formula is C23H31N3O5. The maximum Gasteiger partial charge on any atom is 0.290 e. The first-order chi connectivity index (χ1) is 14.9. The van der Waals surface area contributed by atoms with Gasteiger partial charge in [-0.15, -0.1) is 0 Å². The fourth-order valence-electron chi connectivity index (χ4n) is 4.68. The standard InChI is InChI=1S/C22H29N3O3.CH2O2/c1-16-4-5-19-17(12-16)18(13-20(27)23-19)21(28)25-10-6-22(15-26,7-11-25)14-24-8-2-3-9-24;2-1-3/h4-5,12-13,26H,2-3,6-11,14-15H2,1H3,(H,23,27);1H,(H,2,3). The lowest BCUT2D eigenvalue weighted by atomic mass is 9.78. The Hall–Kier alpha value is -2.71. The summed E-state index contributed by atoms with van der Waals surface area (Å²) in [5, 5.41) is 17.8. The number of fused-ring (bicyclic) bond motifs is 1. The van der Waals surface area contributed by atoms with Crippen molar-refractivity contribution in [3.63, 3.8) is 0 Å². The second kappa shape index (κ2) is 10.1. The fraction of sp³-hybridized carbons (Fsp3) is 0.522. The minimum Gasteiger partial charge on any atom is -0.483 e. The van der Waals surface area contributed by atoms with Gasteiger partial charge in [-0.1, -0.05) is 11.6 Å². The van der Waals surface area contributed by atoms with E-state index < -0.39 is 0 Å². The van der Waals surface area contributed by atoms with Gasteiger partial charge in [0.2, 0.25) is 5.56 Å². The third kappa shape index (κ3) is 5.32. The number of aromatic nitrogens is 1. The Morgan fingerprint density at radius 1 is 1.16 bits per heavy atom. The topological polar surface area (TPSA) is 114 Å². The van der Waals surface area contributed by atoms with E-state index in [1.807, 2.05) is 30.0 Å². The summed E-state index contributed by atoms with van der Waals surface area (Å²) in [6, 6.07) is 7.16. The first-order valence-corrected chi connectivity index (χ1v) is 10.8. The van der Waals surface area contributed by atoms with Crippen LogP contribution in [0.3, 0.4) is 0 Å². The van der Waals surface area contributed by atoms with Gasteiger partial charge < -0.3 is 25.0 Å². The van der Waals surface area contributed by atoms with Gasteiger partial charge >= 0.3 is 0 Å². The zero-order valence-electron chi connectivity index (χ0n) is 18.0. The van der Waals surface area contributed by atoms with Gasteiger partial charge in [0.05, 0.1) is 12.2 Å². The lowest BCUT2D eigenvalue weighted by molar-refractivity contribution is -0.122. The van der Waals surface area contributed by atoms with Crippen LogP contribution in [0.5, 0.6) is 0 Å². The number of likely N-dealkylation sites (tertiary alicyclic amines) is 2. The van der Waals surface area contributed by atoms with Crippen molar-refractivity contribution in [3.05, 3.63) is 45.7 Å². The number of rotatable bonds is 4. The predicted octanol–water partition coefficient (Wildman–Crippen LogP) is 1.85. The van der Waals surface area contributed by atoms with Gasteiger partial charge in [-0.3, -0.25) is 14.4 Å². The maximum atomic E-state index is 13.2.